The molecule has 1 atom stereocenters. The third-order valence-electron chi connectivity index (χ3n) is 1.85. The van der Waals surface area contributed by atoms with Crippen LogP contribution in [0.4, 0.5) is 0 Å². The van der Waals surface area contributed by atoms with Crippen LogP contribution in [0.5, 0.6) is 0 Å². The van der Waals surface area contributed by atoms with E-state index in [1.54, 1.807) is 6.20 Å². The zero-order chi connectivity index (χ0) is 6.81. The first kappa shape index (κ1) is 5.92. The van der Waals surface area contributed by atoms with Gasteiger partial charge < -0.3 is 9.30 Å². The van der Waals surface area contributed by atoms with Crippen LogP contribution in [0, 0.1) is 0 Å². The zero-order valence-corrected chi connectivity index (χ0v) is 5.73. The number of aromatic nitrogens is 2. The maximum Gasteiger partial charge on any atom is 0.0949 e. The van der Waals surface area contributed by atoms with Crippen molar-refractivity contribution in [2.24, 2.45) is 0 Å². The van der Waals surface area contributed by atoms with Crippen molar-refractivity contribution in [3.05, 3.63) is 18.7 Å². The molecule has 0 amide bonds. The molecule has 3 heteroatoms. The Balaban J connectivity index is 2.12. The molecule has 0 radical (unpaired) electrons. The summed E-state index contributed by atoms with van der Waals surface area (Å²) in [6, 6.07) is 0.530. The summed E-state index contributed by atoms with van der Waals surface area (Å²) in [4.78, 5) is 3.97. The van der Waals surface area contributed by atoms with E-state index in [0.717, 1.165) is 19.6 Å². The first-order valence-electron chi connectivity index (χ1n) is 3.52. The molecule has 1 aromatic rings. The molecule has 1 aliphatic heterocycles. The lowest BCUT2D eigenvalue weighted by Gasteiger charge is -2.06. The van der Waals surface area contributed by atoms with Crippen LogP contribution in [-0.2, 0) is 4.74 Å². The van der Waals surface area contributed by atoms with Crippen LogP contribution in [-0.4, -0.2) is 22.8 Å². The second-order valence-electron chi connectivity index (χ2n) is 2.53. The van der Waals surface area contributed by atoms with Crippen molar-refractivity contribution < 1.29 is 4.74 Å². The lowest BCUT2D eigenvalue weighted by atomic mass is 10.3. The van der Waals surface area contributed by atoms with E-state index < -0.39 is 0 Å². The number of hydrogen-bond acceptors (Lipinski definition) is 2. The Morgan fingerprint density at radius 3 is 3.20 bits per heavy atom. The van der Waals surface area contributed by atoms with Gasteiger partial charge >= 0.3 is 0 Å². The Morgan fingerprint density at radius 1 is 1.60 bits per heavy atom. The quantitative estimate of drug-likeness (QED) is 0.575. The number of imidazole rings is 1. The lowest BCUT2D eigenvalue weighted by Crippen LogP contribution is -2.05. The standard InChI is InChI=1S/C7H10N2O/c1-4-10-5-7(1)9-3-2-8-6-9/h2-3,6-7H,1,4-5H2/t7-/m0/s1. The van der Waals surface area contributed by atoms with E-state index in [-0.39, 0.29) is 0 Å². The minimum Gasteiger partial charge on any atom is -0.379 e. The van der Waals surface area contributed by atoms with Crippen LogP contribution >= 0.6 is 0 Å². The molecule has 1 aliphatic rings. The Hall–Kier alpha value is -0.830. The molecule has 2 heterocycles. The van der Waals surface area contributed by atoms with Crippen LogP contribution in [0.25, 0.3) is 0 Å². The molecule has 0 unspecified atom stereocenters. The summed E-state index contributed by atoms with van der Waals surface area (Å²) in [6.07, 6.45) is 6.76. The molecule has 0 spiro atoms. The maximum absolute atomic E-state index is 5.23. The summed E-state index contributed by atoms with van der Waals surface area (Å²) in [7, 11) is 0. The fourth-order valence-corrected chi connectivity index (χ4v) is 1.24. The summed E-state index contributed by atoms with van der Waals surface area (Å²) < 4.78 is 7.34. The van der Waals surface area contributed by atoms with Crippen LogP contribution < -0.4 is 0 Å². The molecular formula is C7H10N2O. The van der Waals surface area contributed by atoms with Gasteiger partial charge in [0.15, 0.2) is 0 Å². The number of hydrogen-bond donors (Lipinski definition) is 0. The topological polar surface area (TPSA) is 27.1 Å². The molecule has 1 fully saturated rings. The van der Waals surface area contributed by atoms with E-state index in [4.69, 9.17) is 4.74 Å². The van der Waals surface area contributed by atoms with Crippen LogP contribution in [0.15, 0.2) is 18.7 Å². The number of ether oxygens (including phenoxy) is 1. The molecule has 3 nitrogen and oxygen atoms in total. The van der Waals surface area contributed by atoms with E-state index in [0.29, 0.717) is 6.04 Å². The molecule has 2 rings (SSSR count). The van der Waals surface area contributed by atoms with Gasteiger partial charge in [-0.05, 0) is 6.42 Å². The Kier molecular flexibility index (Phi) is 1.43. The van der Waals surface area contributed by atoms with E-state index in [1.807, 2.05) is 12.5 Å². The van der Waals surface area contributed by atoms with Crippen molar-refractivity contribution in [3.63, 3.8) is 0 Å². The predicted molar refractivity (Wildman–Crippen MR) is 36.7 cm³/mol. The van der Waals surface area contributed by atoms with Crippen LogP contribution in [0.1, 0.15) is 12.5 Å². The normalized spacial score (nSPS) is 25.4. The van der Waals surface area contributed by atoms with Gasteiger partial charge in [0, 0.05) is 19.0 Å². The summed E-state index contributed by atoms with van der Waals surface area (Å²) in [5.41, 5.74) is 0. The summed E-state index contributed by atoms with van der Waals surface area (Å²) in [5.74, 6) is 0. The van der Waals surface area contributed by atoms with Crippen molar-refractivity contribution >= 4 is 0 Å². The molecule has 0 aromatic carbocycles. The predicted octanol–water partition coefficient (Wildman–Crippen LogP) is 0.844. The minimum atomic E-state index is 0.530. The second kappa shape index (κ2) is 2.42. The monoisotopic (exact) mass is 138 g/mol. The SMILES string of the molecule is c1cn([C@H]2CCOC2)cn1. The average molecular weight is 138 g/mol. The van der Waals surface area contributed by atoms with Gasteiger partial charge in [-0.25, -0.2) is 4.98 Å². The first-order valence-corrected chi connectivity index (χ1v) is 3.52. The van der Waals surface area contributed by atoms with Gasteiger partial charge in [0.1, 0.15) is 0 Å². The van der Waals surface area contributed by atoms with Crippen LogP contribution in [0.3, 0.4) is 0 Å². The molecule has 0 N–H and O–H groups in total. The fraction of sp³-hybridized carbons (Fsp3) is 0.571. The molecule has 0 aliphatic carbocycles. The zero-order valence-electron chi connectivity index (χ0n) is 5.73. The Bertz CT molecular complexity index is 189. The fourth-order valence-electron chi connectivity index (χ4n) is 1.24. The van der Waals surface area contributed by atoms with Crippen molar-refractivity contribution in [3.8, 4) is 0 Å². The van der Waals surface area contributed by atoms with E-state index in [9.17, 15) is 0 Å². The largest absolute Gasteiger partial charge is 0.379 e. The second-order valence-corrected chi connectivity index (χ2v) is 2.53. The van der Waals surface area contributed by atoms with Gasteiger partial charge in [-0.1, -0.05) is 0 Å². The third-order valence-corrected chi connectivity index (χ3v) is 1.85. The average Bonchev–Trinajstić information content (AvgIpc) is 2.59. The van der Waals surface area contributed by atoms with E-state index in [2.05, 4.69) is 9.55 Å². The van der Waals surface area contributed by atoms with Crippen molar-refractivity contribution in [2.75, 3.05) is 13.2 Å². The highest BCUT2D eigenvalue weighted by Crippen LogP contribution is 2.17. The van der Waals surface area contributed by atoms with Crippen LogP contribution in [0.2, 0.25) is 0 Å². The lowest BCUT2D eigenvalue weighted by molar-refractivity contribution is 0.186. The Morgan fingerprint density at radius 2 is 2.60 bits per heavy atom. The third kappa shape index (κ3) is 0.926. The minimum absolute atomic E-state index is 0.530. The smallest absolute Gasteiger partial charge is 0.0949 e. The van der Waals surface area contributed by atoms with Gasteiger partial charge in [-0.2, -0.15) is 0 Å². The van der Waals surface area contributed by atoms with Gasteiger partial charge in [-0.3, -0.25) is 0 Å². The highest BCUT2D eigenvalue weighted by molar-refractivity contribution is 4.82. The van der Waals surface area contributed by atoms with Gasteiger partial charge in [0.25, 0.3) is 0 Å². The summed E-state index contributed by atoms with van der Waals surface area (Å²) in [5, 5.41) is 0. The van der Waals surface area contributed by atoms with Crippen molar-refractivity contribution in [1.29, 1.82) is 0 Å². The van der Waals surface area contributed by atoms with Crippen molar-refractivity contribution in [2.45, 2.75) is 12.5 Å². The molecule has 0 saturated carbocycles. The summed E-state index contributed by atoms with van der Waals surface area (Å²) in [6.45, 7) is 1.74. The molecular weight excluding hydrogens is 128 g/mol. The summed E-state index contributed by atoms with van der Waals surface area (Å²) >= 11 is 0. The number of rotatable bonds is 1. The van der Waals surface area contributed by atoms with Gasteiger partial charge in [0.2, 0.25) is 0 Å². The van der Waals surface area contributed by atoms with E-state index >= 15 is 0 Å². The van der Waals surface area contributed by atoms with Crippen molar-refractivity contribution in [1.82, 2.24) is 9.55 Å². The highest BCUT2D eigenvalue weighted by atomic mass is 16.5. The first-order chi connectivity index (χ1) is 4.97. The molecule has 1 aromatic heterocycles. The highest BCUT2D eigenvalue weighted by Gasteiger charge is 2.15. The van der Waals surface area contributed by atoms with E-state index in [1.165, 1.54) is 0 Å². The Labute approximate surface area is 59.6 Å². The van der Waals surface area contributed by atoms with Gasteiger partial charge in [0.05, 0.1) is 19.0 Å². The molecule has 1 saturated heterocycles. The maximum atomic E-state index is 5.23. The molecule has 10 heavy (non-hydrogen) atoms. The molecule has 54 valence electrons. The molecule has 0 bridgehead atoms. The number of nitrogens with zero attached hydrogens (tertiary/aromatic N) is 2. The van der Waals surface area contributed by atoms with Gasteiger partial charge in [-0.15, -0.1) is 0 Å².